The number of fused-ring (bicyclic) bond motifs is 1. The molecular weight excluding hydrogens is 230 g/mol. The summed E-state index contributed by atoms with van der Waals surface area (Å²) >= 11 is 0. The molecule has 0 saturated carbocycles. The first-order chi connectivity index (χ1) is 8.56. The van der Waals surface area contributed by atoms with E-state index in [9.17, 15) is 4.79 Å². The molecule has 2 rings (SSSR count). The molecule has 0 unspecified atom stereocenters. The van der Waals surface area contributed by atoms with Gasteiger partial charge in [0, 0.05) is 17.5 Å². The lowest BCUT2D eigenvalue weighted by Gasteiger charge is -2.06. The smallest absolute Gasteiger partial charge is 0.224 e. The van der Waals surface area contributed by atoms with Gasteiger partial charge in [0.2, 0.25) is 5.91 Å². The number of hydrogen-bond donors (Lipinski definition) is 2. The number of aliphatic hydroxyl groups is 1. The third-order valence-electron chi connectivity index (χ3n) is 2.76. The SMILES string of the molecule is Cc1ccc2c(CC(=O)NC[C@H](C)O)coc2c1. The van der Waals surface area contributed by atoms with Crippen molar-refractivity contribution >= 4 is 16.9 Å². The van der Waals surface area contributed by atoms with Crippen LogP contribution < -0.4 is 5.32 Å². The maximum absolute atomic E-state index is 11.7. The van der Waals surface area contributed by atoms with Gasteiger partial charge >= 0.3 is 0 Å². The molecule has 0 aliphatic carbocycles. The normalized spacial score (nSPS) is 12.6. The molecule has 96 valence electrons. The van der Waals surface area contributed by atoms with Crippen molar-refractivity contribution in [3.05, 3.63) is 35.6 Å². The largest absolute Gasteiger partial charge is 0.464 e. The first-order valence-corrected chi connectivity index (χ1v) is 5.98. The molecule has 0 aliphatic rings. The van der Waals surface area contributed by atoms with Crippen molar-refractivity contribution in [3.8, 4) is 0 Å². The van der Waals surface area contributed by atoms with Gasteiger partial charge in [0.05, 0.1) is 18.8 Å². The summed E-state index contributed by atoms with van der Waals surface area (Å²) in [7, 11) is 0. The summed E-state index contributed by atoms with van der Waals surface area (Å²) in [6, 6.07) is 5.91. The minimum absolute atomic E-state index is 0.112. The van der Waals surface area contributed by atoms with E-state index < -0.39 is 6.10 Å². The lowest BCUT2D eigenvalue weighted by Crippen LogP contribution is -2.31. The highest BCUT2D eigenvalue weighted by molar-refractivity contribution is 5.87. The third-order valence-corrected chi connectivity index (χ3v) is 2.76. The molecule has 0 spiro atoms. The van der Waals surface area contributed by atoms with Crippen molar-refractivity contribution in [2.75, 3.05) is 6.54 Å². The highest BCUT2D eigenvalue weighted by Gasteiger charge is 2.10. The molecule has 1 aromatic carbocycles. The second-order valence-electron chi connectivity index (χ2n) is 4.59. The fraction of sp³-hybridized carbons (Fsp3) is 0.357. The molecule has 0 bridgehead atoms. The number of carbonyl (C=O) groups excluding carboxylic acids is 1. The minimum Gasteiger partial charge on any atom is -0.464 e. The zero-order chi connectivity index (χ0) is 13.1. The highest BCUT2D eigenvalue weighted by atomic mass is 16.3. The van der Waals surface area contributed by atoms with Gasteiger partial charge in [-0.1, -0.05) is 12.1 Å². The molecular formula is C14H17NO3. The van der Waals surface area contributed by atoms with E-state index >= 15 is 0 Å². The van der Waals surface area contributed by atoms with Crippen molar-refractivity contribution in [1.82, 2.24) is 5.32 Å². The summed E-state index contributed by atoms with van der Waals surface area (Å²) in [6.07, 6.45) is 1.35. The molecule has 1 heterocycles. The van der Waals surface area contributed by atoms with Crippen LogP contribution in [0.3, 0.4) is 0 Å². The number of amides is 1. The number of hydrogen-bond acceptors (Lipinski definition) is 3. The van der Waals surface area contributed by atoms with E-state index in [-0.39, 0.29) is 18.9 Å². The Labute approximate surface area is 106 Å². The molecule has 2 aromatic rings. The molecule has 0 saturated heterocycles. The monoisotopic (exact) mass is 247 g/mol. The fourth-order valence-corrected chi connectivity index (χ4v) is 1.82. The summed E-state index contributed by atoms with van der Waals surface area (Å²) in [5.41, 5.74) is 2.79. The number of aryl methyl sites for hydroxylation is 1. The second kappa shape index (κ2) is 5.23. The molecule has 4 heteroatoms. The van der Waals surface area contributed by atoms with Crippen molar-refractivity contribution in [1.29, 1.82) is 0 Å². The maximum Gasteiger partial charge on any atom is 0.224 e. The van der Waals surface area contributed by atoms with Gasteiger partial charge in [-0.2, -0.15) is 0 Å². The van der Waals surface area contributed by atoms with E-state index in [4.69, 9.17) is 9.52 Å². The number of rotatable bonds is 4. The molecule has 18 heavy (non-hydrogen) atoms. The maximum atomic E-state index is 11.7. The van der Waals surface area contributed by atoms with E-state index in [1.54, 1.807) is 13.2 Å². The molecule has 1 aromatic heterocycles. The van der Waals surface area contributed by atoms with Crippen LogP contribution in [0.5, 0.6) is 0 Å². The average molecular weight is 247 g/mol. The van der Waals surface area contributed by atoms with Crippen LogP contribution in [0.25, 0.3) is 11.0 Å². The van der Waals surface area contributed by atoms with Gasteiger partial charge in [-0.05, 0) is 25.5 Å². The van der Waals surface area contributed by atoms with Gasteiger partial charge in [-0.3, -0.25) is 4.79 Å². The van der Waals surface area contributed by atoms with Crippen molar-refractivity contribution in [3.63, 3.8) is 0 Å². The second-order valence-corrected chi connectivity index (χ2v) is 4.59. The van der Waals surface area contributed by atoms with E-state index in [1.807, 2.05) is 25.1 Å². The predicted octanol–water partition coefficient (Wildman–Crippen LogP) is 1.78. The van der Waals surface area contributed by atoms with Crippen LogP contribution in [-0.2, 0) is 11.2 Å². The number of carbonyl (C=O) groups is 1. The van der Waals surface area contributed by atoms with Crippen LogP contribution in [0.1, 0.15) is 18.1 Å². The Morgan fingerprint density at radius 3 is 3.00 bits per heavy atom. The van der Waals surface area contributed by atoms with Gasteiger partial charge in [0.25, 0.3) is 0 Å². The molecule has 4 nitrogen and oxygen atoms in total. The average Bonchev–Trinajstić information content (AvgIpc) is 2.69. The first-order valence-electron chi connectivity index (χ1n) is 5.98. The van der Waals surface area contributed by atoms with E-state index in [2.05, 4.69) is 5.32 Å². The molecule has 0 radical (unpaired) electrons. The van der Waals surface area contributed by atoms with Gasteiger partial charge in [0.15, 0.2) is 0 Å². The Morgan fingerprint density at radius 1 is 1.50 bits per heavy atom. The van der Waals surface area contributed by atoms with Crippen LogP contribution in [0.4, 0.5) is 0 Å². The van der Waals surface area contributed by atoms with Crippen molar-refractivity contribution < 1.29 is 14.3 Å². The lowest BCUT2D eigenvalue weighted by atomic mass is 10.1. The van der Waals surface area contributed by atoms with Gasteiger partial charge in [-0.15, -0.1) is 0 Å². The lowest BCUT2D eigenvalue weighted by molar-refractivity contribution is -0.120. The molecule has 0 aliphatic heterocycles. The predicted molar refractivity (Wildman–Crippen MR) is 69.3 cm³/mol. The van der Waals surface area contributed by atoms with Crippen LogP contribution in [0.2, 0.25) is 0 Å². The van der Waals surface area contributed by atoms with Gasteiger partial charge in [-0.25, -0.2) is 0 Å². The first kappa shape index (κ1) is 12.6. The number of furan rings is 1. The number of nitrogens with one attached hydrogen (secondary N) is 1. The van der Waals surface area contributed by atoms with Crippen molar-refractivity contribution in [2.24, 2.45) is 0 Å². The molecule has 1 atom stereocenters. The highest BCUT2D eigenvalue weighted by Crippen LogP contribution is 2.22. The zero-order valence-corrected chi connectivity index (χ0v) is 10.6. The Kier molecular flexibility index (Phi) is 3.67. The van der Waals surface area contributed by atoms with Crippen LogP contribution in [-0.4, -0.2) is 23.7 Å². The Morgan fingerprint density at radius 2 is 2.28 bits per heavy atom. The van der Waals surface area contributed by atoms with Crippen LogP contribution in [0.15, 0.2) is 28.9 Å². The quantitative estimate of drug-likeness (QED) is 0.865. The Bertz CT molecular complexity index is 557. The van der Waals surface area contributed by atoms with Gasteiger partial charge in [0.1, 0.15) is 5.58 Å². The van der Waals surface area contributed by atoms with Crippen LogP contribution in [0, 0.1) is 6.92 Å². The summed E-state index contributed by atoms with van der Waals surface area (Å²) in [5, 5.41) is 12.7. The summed E-state index contributed by atoms with van der Waals surface area (Å²) < 4.78 is 5.43. The minimum atomic E-state index is -0.530. The molecule has 1 amide bonds. The summed E-state index contributed by atoms with van der Waals surface area (Å²) in [6.45, 7) is 3.90. The summed E-state index contributed by atoms with van der Waals surface area (Å²) in [4.78, 5) is 11.7. The third kappa shape index (κ3) is 2.90. The molecule has 0 fully saturated rings. The number of benzene rings is 1. The standard InChI is InChI=1S/C14H17NO3/c1-9-3-4-12-11(8-18-13(12)5-9)6-14(17)15-7-10(2)16/h3-5,8,10,16H,6-7H2,1-2H3,(H,15,17)/t10-/m0/s1. The number of aliphatic hydroxyl groups excluding tert-OH is 1. The van der Waals surface area contributed by atoms with Crippen LogP contribution >= 0.6 is 0 Å². The van der Waals surface area contributed by atoms with E-state index in [0.29, 0.717) is 0 Å². The Hall–Kier alpha value is -1.81. The van der Waals surface area contributed by atoms with Crippen molar-refractivity contribution in [2.45, 2.75) is 26.4 Å². The van der Waals surface area contributed by atoms with E-state index in [1.165, 1.54) is 0 Å². The zero-order valence-electron chi connectivity index (χ0n) is 10.6. The molecule has 2 N–H and O–H groups in total. The van der Waals surface area contributed by atoms with E-state index in [0.717, 1.165) is 22.1 Å². The topological polar surface area (TPSA) is 62.5 Å². The fourth-order valence-electron chi connectivity index (χ4n) is 1.82. The summed E-state index contributed by atoms with van der Waals surface area (Å²) in [5.74, 6) is -0.112. The Balaban J connectivity index is 2.10. The van der Waals surface area contributed by atoms with Gasteiger partial charge < -0.3 is 14.8 Å².